The molecule has 2 amide bonds. The predicted molar refractivity (Wildman–Crippen MR) is 121 cm³/mol. The van der Waals surface area contributed by atoms with Crippen LogP contribution in [0.2, 0.25) is 0 Å². The second-order valence-corrected chi connectivity index (χ2v) is 7.69. The molecule has 1 heterocycles. The third kappa shape index (κ3) is 5.94. The lowest BCUT2D eigenvalue weighted by Crippen LogP contribution is -2.23. The molecule has 0 saturated heterocycles. The molecule has 1 aromatic heterocycles. The molecule has 0 saturated carbocycles. The molecule has 32 heavy (non-hydrogen) atoms. The van der Waals surface area contributed by atoms with Gasteiger partial charge in [-0.3, -0.25) is 9.59 Å². The molecule has 2 aromatic carbocycles. The van der Waals surface area contributed by atoms with Crippen molar-refractivity contribution in [1.29, 1.82) is 0 Å². The second-order valence-electron chi connectivity index (χ2n) is 6.63. The van der Waals surface area contributed by atoms with Gasteiger partial charge in [-0.15, -0.1) is 10.2 Å². The average molecular weight is 457 g/mol. The molecule has 10 heteroatoms. The van der Waals surface area contributed by atoms with E-state index in [2.05, 4.69) is 20.8 Å². The van der Waals surface area contributed by atoms with Crippen molar-refractivity contribution in [2.75, 3.05) is 26.6 Å². The van der Waals surface area contributed by atoms with Crippen LogP contribution in [0.15, 0.2) is 42.5 Å². The Kier molecular flexibility index (Phi) is 7.98. The van der Waals surface area contributed by atoms with Gasteiger partial charge in [0.15, 0.2) is 11.5 Å². The number of hydrogen-bond acceptors (Lipinski definition) is 8. The number of nitrogens with zero attached hydrogens (tertiary/aromatic N) is 2. The van der Waals surface area contributed by atoms with Crippen molar-refractivity contribution in [1.82, 2.24) is 15.5 Å². The van der Waals surface area contributed by atoms with Crippen molar-refractivity contribution in [2.24, 2.45) is 0 Å². The fourth-order valence-corrected chi connectivity index (χ4v) is 3.63. The molecule has 0 aliphatic rings. The summed E-state index contributed by atoms with van der Waals surface area (Å²) in [5.74, 6) is 1.06. The molecule has 0 aliphatic heterocycles. The minimum atomic E-state index is -0.327. The molecule has 3 aromatic rings. The van der Waals surface area contributed by atoms with Crippen LogP contribution in [0, 0.1) is 0 Å². The number of aryl methyl sites for hydroxylation is 1. The molecule has 2 N–H and O–H groups in total. The maximum Gasteiger partial charge on any atom is 0.286 e. The summed E-state index contributed by atoms with van der Waals surface area (Å²) in [5, 5.41) is 14.4. The predicted octanol–water partition coefficient (Wildman–Crippen LogP) is 3.07. The Bertz CT molecular complexity index is 1050. The van der Waals surface area contributed by atoms with Crippen LogP contribution >= 0.6 is 11.3 Å². The van der Waals surface area contributed by atoms with Crippen LogP contribution in [-0.4, -0.2) is 43.3 Å². The molecule has 0 unspecified atom stereocenters. The summed E-state index contributed by atoms with van der Waals surface area (Å²) in [5.41, 5.74) is 1.49. The van der Waals surface area contributed by atoms with E-state index in [0.29, 0.717) is 40.9 Å². The van der Waals surface area contributed by atoms with Gasteiger partial charge >= 0.3 is 0 Å². The van der Waals surface area contributed by atoms with Gasteiger partial charge in [-0.2, -0.15) is 0 Å². The van der Waals surface area contributed by atoms with E-state index in [1.165, 1.54) is 32.7 Å². The third-order valence-electron chi connectivity index (χ3n) is 4.47. The molecule has 0 aliphatic carbocycles. The topological polar surface area (TPSA) is 112 Å². The van der Waals surface area contributed by atoms with Crippen molar-refractivity contribution < 1.29 is 23.8 Å². The van der Waals surface area contributed by atoms with E-state index in [4.69, 9.17) is 14.2 Å². The van der Waals surface area contributed by atoms with Crippen LogP contribution in [0.4, 0.5) is 5.69 Å². The lowest BCUT2D eigenvalue weighted by molar-refractivity contribution is -0.121. The molecule has 0 atom stereocenters. The normalized spacial score (nSPS) is 10.3. The average Bonchev–Trinajstić information content (AvgIpc) is 3.30. The summed E-state index contributed by atoms with van der Waals surface area (Å²) in [7, 11) is 4.61. The molecule has 0 fully saturated rings. The lowest BCUT2D eigenvalue weighted by Gasteiger charge is -2.14. The zero-order chi connectivity index (χ0) is 22.9. The molecule has 0 radical (unpaired) electrons. The first-order valence-corrected chi connectivity index (χ1v) is 10.6. The fraction of sp³-hybridized carbons (Fsp3) is 0.273. The standard InChI is InChI=1S/C22H24N4O5S/c1-29-16-11-14(12-17(30-2)20(16)31-3)13-23-18(27)9-10-19-25-26-22(32-19)21(28)24-15-7-5-4-6-8-15/h4-8,11-12H,9-10,13H2,1-3H3,(H,23,27)(H,24,28). The van der Waals surface area contributed by atoms with Crippen molar-refractivity contribution in [3.05, 3.63) is 58.0 Å². The van der Waals surface area contributed by atoms with Gasteiger partial charge in [0.05, 0.1) is 21.3 Å². The quantitative estimate of drug-likeness (QED) is 0.482. The van der Waals surface area contributed by atoms with Gasteiger partial charge in [0.1, 0.15) is 5.01 Å². The van der Waals surface area contributed by atoms with Gasteiger partial charge in [-0.05, 0) is 29.8 Å². The Balaban J connectivity index is 1.51. The highest BCUT2D eigenvalue weighted by Crippen LogP contribution is 2.38. The Morgan fingerprint density at radius 2 is 1.66 bits per heavy atom. The largest absolute Gasteiger partial charge is 0.493 e. The van der Waals surface area contributed by atoms with E-state index >= 15 is 0 Å². The Labute approximate surface area is 189 Å². The van der Waals surface area contributed by atoms with E-state index in [9.17, 15) is 9.59 Å². The number of benzene rings is 2. The molecule has 168 valence electrons. The van der Waals surface area contributed by atoms with Gasteiger partial charge in [-0.25, -0.2) is 0 Å². The van der Waals surface area contributed by atoms with E-state index in [0.717, 1.165) is 5.56 Å². The van der Waals surface area contributed by atoms with Gasteiger partial charge in [-0.1, -0.05) is 29.5 Å². The van der Waals surface area contributed by atoms with Crippen LogP contribution in [0.3, 0.4) is 0 Å². The zero-order valence-corrected chi connectivity index (χ0v) is 18.8. The molecule has 3 rings (SSSR count). The molecule has 0 spiro atoms. The molecular weight excluding hydrogens is 432 g/mol. The van der Waals surface area contributed by atoms with Crippen molar-refractivity contribution in [3.8, 4) is 17.2 Å². The van der Waals surface area contributed by atoms with Crippen LogP contribution in [0.1, 0.15) is 26.8 Å². The smallest absolute Gasteiger partial charge is 0.286 e. The number of para-hydroxylation sites is 1. The van der Waals surface area contributed by atoms with Crippen molar-refractivity contribution >= 4 is 28.8 Å². The first-order valence-electron chi connectivity index (χ1n) is 9.78. The van der Waals surface area contributed by atoms with Gasteiger partial charge in [0.25, 0.3) is 5.91 Å². The number of hydrogen-bond donors (Lipinski definition) is 2. The first kappa shape index (κ1) is 23.0. The summed E-state index contributed by atoms with van der Waals surface area (Å²) in [6.07, 6.45) is 0.608. The number of carbonyl (C=O) groups is 2. The Morgan fingerprint density at radius 1 is 0.969 bits per heavy atom. The van der Waals surface area contributed by atoms with Gasteiger partial charge in [0.2, 0.25) is 16.7 Å². The SMILES string of the molecule is COc1cc(CNC(=O)CCc2nnc(C(=O)Nc3ccccc3)s2)cc(OC)c1OC. The number of aromatic nitrogens is 2. The van der Waals surface area contributed by atoms with Gasteiger partial charge < -0.3 is 24.8 Å². The number of nitrogens with one attached hydrogen (secondary N) is 2. The number of anilines is 1. The highest BCUT2D eigenvalue weighted by molar-refractivity contribution is 7.13. The monoisotopic (exact) mass is 456 g/mol. The summed E-state index contributed by atoms with van der Waals surface area (Å²) in [6, 6.07) is 12.7. The number of carbonyl (C=O) groups excluding carboxylic acids is 2. The number of methoxy groups -OCH3 is 3. The van der Waals surface area contributed by atoms with Crippen molar-refractivity contribution in [2.45, 2.75) is 19.4 Å². The molecule has 0 bridgehead atoms. The highest BCUT2D eigenvalue weighted by Gasteiger charge is 2.15. The summed E-state index contributed by atoms with van der Waals surface area (Å²) >= 11 is 1.17. The van der Waals surface area contributed by atoms with Crippen LogP contribution in [0.25, 0.3) is 0 Å². The van der Waals surface area contributed by atoms with E-state index in [-0.39, 0.29) is 23.2 Å². The lowest BCUT2D eigenvalue weighted by atomic mass is 10.1. The number of rotatable bonds is 10. The minimum Gasteiger partial charge on any atom is -0.493 e. The summed E-state index contributed by atoms with van der Waals surface area (Å²) in [4.78, 5) is 24.5. The minimum absolute atomic E-state index is 0.149. The maximum absolute atomic E-state index is 12.3. The van der Waals surface area contributed by atoms with Gasteiger partial charge in [0, 0.05) is 25.1 Å². The highest BCUT2D eigenvalue weighted by atomic mass is 32.1. The van der Waals surface area contributed by atoms with Crippen LogP contribution < -0.4 is 24.8 Å². The zero-order valence-electron chi connectivity index (χ0n) is 18.0. The fourth-order valence-electron chi connectivity index (χ4n) is 2.90. The summed E-state index contributed by atoms with van der Waals surface area (Å²) in [6.45, 7) is 0.302. The van der Waals surface area contributed by atoms with Crippen molar-refractivity contribution in [3.63, 3.8) is 0 Å². The summed E-state index contributed by atoms with van der Waals surface area (Å²) < 4.78 is 16.0. The maximum atomic E-state index is 12.3. The number of ether oxygens (including phenoxy) is 3. The van der Waals surface area contributed by atoms with Crippen LogP contribution in [0.5, 0.6) is 17.2 Å². The second kappa shape index (κ2) is 11.1. The molecule has 9 nitrogen and oxygen atoms in total. The first-order chi connectivity index (χ1) is 15.5. The van der Waals surface area contributed by atoms with Crippen LogP contribution in [-0.2, 0) is 17.8 Å². The Hall–Kier alpha value is -3.66. The number of amides is 2. The van der Waals surface area contributed by atoms with E-state index in [1.54, 1.807) is 24.3 Å². The molecular formula is C22H24N4O5S. The van der Waals surface area contributed by atoms with E-state index in [1.807, 2.05) is 18.2 Å². The van der Waals surface area contributed by atoms with E-state index < -0.39 is 0 Å². The Morgan fingerprint density at radius 3 is 2.28 bits per heavy atom. The third-order valence-corrected chi connectivity index (χ3v) is 5.45.